The van der Waals surface area contributed by atoms with Crippen LogP contribution in [0, 0.1) is 0 Å². The molecule has 0 fully saturated rings. The van der Waals surface area contributed by atoms with Gasteiger partial charge in [-0.3, -0.25) is 0 Å². The van der Waals surface area contributed by atoms with Gasteiger partial charge in [0.15, 0.2) is 0 Å². The van der Waals surface area contributed by atoms with Gasteiger partial charge in [0, 0.05) is 0 Å². The monoisotopic (exact) mass is 220 g/mol. The first-order valence-electron chi connectivity index (χ1n) is 0.783. The summed E-state index contributed by atoms with van der Waals surface area (Å²) in [4.78, 5) is 21.6. The molecule has 4 nitrogen and oxygen atoms in total. The van der Waals surface area contributed by atoms with Gasteiger partial charge in [0.25, 0.3) is 0 Å². The van der Waals surface area contributed by atoms with Crippen molar-refractivity contribution in [3.63, 3.8) is 0 Å². The van der Waals surface area contributed by atoms with Crippen LogP contribution in [0.1, 0.15) is 1.43 Å². The molecule has 0 rings (SSSR count). The molecule has 3 N–H and O–H groups in total. The van der Waals surface area contributed by atoms with Crippen molar-refractivity contribution in [2.24, 2.45) is 0 Å². The molecule has 0 aromatic heterocycles. The van der Waals surface area contributed by atoms with Crippen molar-refractivity contribution < 1.29 is 72.1 Å². The standard InChI is InChI=1S/K.H3O4P.H2Se.H/c;1-5(2,3)4;;/h;(H3,1,2,3,4);1H2;/q+1;;;-1. The molecule has 0 aromatic carbocycles. The van der Waals surface area contributed by atoms with E-state index in [1.165, 1.54) is 0 Å². The van der Waals surface area contributed by atoms with Crippen molar-refractivity contribution in [2.75, 3.05) is 0 Å². The van der Waals surface area contributed by atoms with Crippen molar-refractivity contribution in [3.8, 4) is 0 Å². The summed E-state index contributed by atoms with van der Waals surface area (Å²) in [5.41, 5.74) is 0. The SMILES string of the molecule is O=P(O)(O)O.[H-].[K+].[SeH2]. The summed E-state index contributed by atoms with van der Waals surface area (Å²) in [6.07, 6.45) is 0. The third-order valence-electron chi connectivity index (χ3n) is 0. The molecular weight excluding hydrogens is 213 g/mol. The van der Waals surface area contributed by atoms with Gasteiger partial charge in [0.2, 0.25) is 0 Å². The number of hydrogen-bond donors (Lipinski definition) is 3. The van der Waals surface area contributed by atoms with Gasteiger partial charge in [-0.1, -0.05) is 0 Å². The molecule has 42 valence electrons. The number of rotatable bonds is 0. The quantitative estimate of drug-likeness (QED) is 0.282. The molecule has 0 aliphatic rings. The average Bonchev–Trinajstić information content (AvgIpc) is 0.722. The Hall–Kier alpha value is 2.27. The third-order valence-corrected chi connectivity index (χ3v) is 0. The zero-order chi connectivity index (χ0) is 4.50. The van der Waals surface area contributed by atoms with Crippen molar-refractivity contribution >= 4 is 24.9 Å². The van der Waals surface area contributed by atoms with Gasteiger partial charge < -0.3 is 16.1 Å². The van der Waals surface area contributed by atoms with E-state index in [1.807, 2.05) is 0 Å². The molecule has 7 heavy (non-hydrogen) atoms. The van der Waals surface area contributed by atoms with Crippen LogP contribution in [0.15, 0.2) is 0 Å². The van der Waals surface area contributed by atoms with E-state index in [1.54, 1.807) is 0 Å². The molecule has 0 heterocycles. The Morgan fingerprint density at radius 3 is 1.29 bits per heavy atom. The van der Waals surface area contributed by atoms with Crippen LogP contribution < -0.4 is 51.4 Å². The summed E-state index contributed by atoms with van der Waals surface area (Å²) >= 11 is 0. The van der Waals surface area contributed by atoms with Crippen LogP contribution in [0.3, 0.4) is 0 Å². The van der Waals surface area contributed by atoms with E-state index in [4.69, 9.17) is 19.2 Å². The second kappa shape index (κ2) is 6.39. The normalized spacial score (nSPS) is 8.43. The third kappa shape index (κ3) is 63.2. The summed E-state index contributed by atoms with van der Waals surface area (Å²) in [5.74, 6) is 0. The van der Waals surface area contributed by atoms with Crippen LogP contribution in [0.25, 0.3) is 0 Å². The zero-order valence-corrected chi connectivity index (χ0v) is 9.81. The molecule has 0 saturated heterocycles. The molecule has 0 unspecified atom stereocenters. The minimum absolute atomic E-state index is 0. The van der Waals surface area contributed by atoms with Crippen molar-refractivity contribution in [3.05, 3.63) is 0 Å². The number of hydrogen-bond acceptors (Lipinski definition) is 1. The van der Waals surface area contributed by atoms with E-state index >= 15 is 0 Å². The summed E-state index contributed by atoms with van der Waals surface area (Å²) in [6.45, 7) is 0. The average molecular weight is 219 g/mol. The van der Waals surface area contributed by atoms with Gasteiger partial charge in [-0.25, -0.2) is 4.57 Å². The molecule has 0 radical (unpaired) electrons. The van der Waals surface area contributed by atoms with Crippen LogP contribution in [0.4, 0.5) is 0 Å². The molecule has 0 amide bonds. The molecule has 0 atom stereocenters. The van der Waals surface area contributed by atoms with Gasteiger partial charge in [0.05, 0.1) is 0 Å². The van der Waals surface area contributed by atoms with Crippen LogP contribution in [-0.2, 0) is 4.57 Å². The molecule has 0 spiro atoms. The van der Waals surface area contributed by atoms with E-state index in [2.05, 4.69) is 0 Å². The Morgan fingerprint density at radius 1 is 1.29 bits per heavy atom. The Morgan fingerprint density at radius 2 is 1.29 bits per heavy atom. The molecule has 0 aliphatic carbocycles. The Bertz CT molecular complexity index is 62.2. The van der Waals surface area contributed by atoms with Gasteiger partial charge in [0.1, 0.15) is 0 Å². The topological polar surface area (TPSA) is 77.8 Å². The van der Waals surface area contributed by atoms with Crippen LogP contribution >= 0.6 is 7.82 Å². The van der Waals surface area contributed by atoms with Crippen LogP contribution in [0.5, 0.6) is 0 Å². The molecule has 0 aliphatic heterocycles. The van der Waals surface area contributed by atoms with E-state index < -0.39 is 7.82 Å². The molecule has 0 bridgehead atoms. The van der Waals surface area contributed by atoms with Gasteiger partial charge in [-0.2, -0.15) is 0 Å². The van der Waals surface area contributed by atoms with E-state index in [-0.39, 0.29) is 69.9 Å². The summed E-state index contributed by atoms with van der Waals surface area (Å²) < 4.78 is 8.88. The van der Waals surface area contributed by atoms with Gasteiger partial charge in [-0.05, 0) is 0 Å². The molecule has 0 saturated carbocycles. The number of phosphoric acid groups is 1. The fourth-order valence-electron chi connectivity index (χ4n) is 0. The second-order valence-corrected chi connectivity index (χ2v) is 1.54. The van der Waals surface area contributed by atoms with Crippen molar-refractivity contribution in [2.45, 2.75) is 0 Å². The predicted molar refractivity (Wildman–Crippen MR) is 23.9 cm³/mol. The summed E-state index contributed by atoms with van der Waals surface area (Å²) in [5, 5.41) is 0. The van der Waals surface area contributed by atoms with Crippen LogP contribution in [0.2, 0.25) is 0 Å². The van der Waals surface area contributed by atoms with E-state index in [9.17, 15) is 0 Å². The fraction of sp³-hybridized carbons (Fsp3) is 0. The van der Waals surface area contributed by atoms with Gasteiger partial charge in [-0.15, -0.1) is 0 Å². The Labute approximate surface area is 95.3 Å². The minimum atomic E-state index is -4.64. The predicted octanol–water partition coefficient (Wildman–Crippen LogP) is -4.73. The maximum absolute atomic E-state index is 8.88. The summed E-state index contributed by atoms with van der Waals surface area (Å²) in [6, 6.07) is 0. The summed E-state index contributed by atoms with van der Waals surface area (Å²) in [7, 11) is -4.64. The fourth-order valence-corrected chi connectivity index (χ4v) is 0. The zero-order valence-electron chi connectivity index (χ0n) is 4.70. The van der Waals surface area contributed by atoms with E-state index in [0.717, 1.165) is 0 Å². The maximum atomic E-state index is 8.88. The Kier molecular flexibility index (Phi) is 14.7. The molecular formula is H6KO4PSe. The first-order valence-corrected chi connectivity index (χ1v) is 2.35. The molecule has 7 heteroatoms. The van der Waals surface area contributed by atoms with Crippen LogP contribution in [-0.4, -0.2) is 31.7 Å². The second-order valence-electron chi connectivity index (χ2n) is 0.513. The first-order chi connectivity index (χ1) is 2.00. The van der Waals surface area contributed by atoms with E-state index in [0.29, 0.717) is 0 Å². The van der Waals surface area contributed by atoms with Crippen molar-refractivity contribution in [1.29, 1.82) is 0 Å². The van der Waals surface area contributed by atoms with Gasteiger partial charge >= 0.3 is 76.3 Å². The van der Waals surface area contributed by atoms with Crippen molar-refractivity contribution in [1.82, 2.24) is 0 Å². The Balaban J connectivity index is -0.0000000267. The first kappa shape index (κ1) is 16.1. The molecule has 0 aromatic rings.